The van der Waals surface area contributed by atoms with Crippen molar-refractivity contribution in [2.45, 2.75) is 13.3 Å². The summed E-state index contributed by atoms with van der Waals surface area (Å²) in [5, 5.41) is 10.2. The summed E-state index contributed by atoms with van der Waals surface area (Å²) < 4.78 is 35.1. The maximum atomic E-state index is 13.6. The molecule has 0 aliphatic heterocycles. The van der Waals surface area contributed by atoms with Crippen LogP contribution >= 0.6 is 0 Å². The van der Waals surface area contributed by atoms with Crippen molar-refractivity contribution in [1.29, 1.82) is 0 Å². The fourth-order valence-corrected chi connectivity index (χ4v) is 2.19. The number of nitrogens with one attached hydrogen (secondary N) is 2. The van der Waals surface area contributed by atoms with Crippen molar-refractivity contribution in [3.8, 4) is 0 Å². The van der Waals surface area contributed by atoms with Crippen LogP contribution < -0.4 is 15.8 Å². The Balaban J connectivity index is 2.66. The minimum absolute atomic E-state index is 0.138. The number of benzene rings is 1. The van der Waals surface area contributed by atoms with Gasteiger partial charge >= 0.3 is 0 Å². The molecule has 0 aromatic heterocycles. The molecule has 0 heterocycles. The van der Waals surface area contributed by atoms with Crippen molar-refractivity contribution in [3.63, 3.8) is 0 Å². The van der Waals surface area contributed by atoms with Gasteiger partial charge in [-0.05, 0) is 25.5 Å². The Labute approximate surface area is 117 Å². The number of carbonyl (C=O) groups is 1. The van der Waals surface area contributed by atoms with Crippen LogP contribution in [0, 0.1) is 5.82 Å². The second kappa shape index (κ2) is 7.20. The van der Waals surface area contributed by atoms with E-state index < -0.39 is 21.7 Å². The Morgan fingerprint density at radius 3 is 2.70 bits per heavy atom. The third-order valence-corrected chi connectivity index (χ3v) is 3.36. The third kappa shape index (κ3) is 5.14. The number of nitrogens with two attached hydrogens (primary N) is 1. The van der Waals surface area contributed by atoms with E-state index in [1.54, 1.807) is 6.92 Å². The molecule has 0 radical (unpaired) electrons. The summed E-state index contributed by atoms with van der Waals surface area (Å²) in [6, 6.07) is 4.20. The van der Waals surface area contributed by atoms with E-state index in [0.717, 1.165) is 0 Å². The molecular formula is C12H18FN3O3S. The fraction of sp³-hybridized carbons (Fsp3) is 0.417. The summed E-state index contributed by atoms with van der Waals surface area (Å²) in [7, 11) is -3.53. The van der Waals surface area contributed by atoms with Crippen LogP contribution in [0.2, 0.25) is 0 Å². The average molecular weight is 303 g/mol. The summed E-state index contributed by atoms with van der Waals surface area (Å²) >= 11 is 0. The van der Waals surface area contributed by atoms with Crippen LogP contribution in [0.25, 0.3) is 0 Å². The number of hydrogen-bond acceptors (Lipinski definition) is 4. The molecule has 1 aromatic rings. The van der Waals surface area contributed by atoms with Crippen molar-refractivity contribution in [3.05, 3.63) is 29.6 Å². The molecule has 4 N–H and O–H groups in total. The average Bonchev–Trinajstić information content (AvgIpc) is 2.36. The number of amides is 1. The zero-order valence-corrected chi connectivity index (χ0v) is 12.0. The molecule has 0 fully saturated rings. The molecular weight excluding hydrogens is 285 g/mol. The lowest BCUT2D eigenvalue weighted by molar-refractivity contribution is 0.0954. The van der Waals surface area contributed by atoms with Crippen LogP contribution in [-0.4, -0.2) is 33.2 Å². The number of carbonyl (C=O) groups excluding carboxylic acids is 1. The fourth-order valence-electron chi connectivity index (χ4n) is 1.64. The maximum absolute atomic E-state index is 13.6. The smallest absolute Gasteiger partial charge is 0.253 e. The van der Waals surface area contributed by atoms with Crippen LogP contribution in [0.15, 0.2) is 18.2 Å². The van der Waals surface area contributed by atoms with Gasteiger partial charge in [0.1, 0.15) is 5.82 Å². The van der Waals surface area contributed by atoms with Crippen molar-refractivity contribution in [2.75, 3.05) is 24.2 Å². The van der Waals surface area contributed by atoms with Crippen LogP contribution in [0.1, 0.15) is 23.7 Å². The van der Waals surface area contributed by atoms with Gasteiger partial charge in [-0.25, -0.2) is 17.9 Å². The Hall–Kier alpha value is -1.67. The van der Waals surface area contributed by atoms with Gasteiger partial charge in [0.15, 0.2) is 0 Å². The Morgan fingerprint density at radius 1 is 1.40 bits per heavy atom. The van der Waals surface area contributed by atoms with Crippen LogP contribution in [0.3, 0.4) is 0 Å². The van der Waals surface area contributed by atoms with E-state index in [1.807, 2.05) is 0 Å². The van der Waals surface area contributed by atoms with Crippen molar-refractivity contribution in [2.24, 2.45) is 5.14 Å². The molecule has 6 nitrogen and oxygen atoms in total. The van der Waals surface area contributed by atoms with Crippen LogP contribution in [-0.2, 0) is 10.0 Å². The highest BCUT2D eigenvalue weighted by atomic mass is 32.2. The number of rotatable bonds is 7. The molecule has 0 aliphatic carbocycles. The van der Waals surface area contributed by atoms with Gasteiger partial charge in [-0.15, -0.1) is 0 Å². The molecule has 0 aliphatic rings. The van der Waals surface area contributed by atoms with Gasteiger partial charge in [-0.3, -0.25) is 4.79 Å². The molecule has 0 unspecified atom stereocenters. The molecule has 0 saturated heterocycles. The molecule has 0 saturated carbocycles. The first kappa shape index (κ1) is 16.4. The van der Waals surface area contributed by atoms with Gasteiger partial charge in [0.05, 0.1) is 17.0 Å². The van der Waals surface area contributed by atoms with Crippen molar-refractivity contribution >= 4 is 21.6 Å². The number of hydrogen-bond donors (Lipinski definition) is 3. The topological polar surface area (TPSA) is 101 Å². The number of anilines is 1. The Morgan fingerprint density at radius 2 is 2.10 bits per heavy atom. The minimum atomic E-state index is -3.53. The number of sulfonamides is 1. The summed E-state index contributed by atoms with van der Waals surface area (Å²) in [5.74, 6) is -1.19. The molecule has 0 bridgehead atoms. The van der Waals surface area contributed by atoms with Crippen molar-refractivity contribution < 1.29 is 17.6 Å². The van der Waals surface area contributed by atoms with E-state index in [4.69, 9.17) is 5.14 Å². The molecule has 1 rings (SSSR count). The van der Waals surface area contributed by atoms with E-state index in [-0.39, 0.29) is 30.0 Å². The van der Waals surface area contributed by atoms with E-state index in [2.05, 4.69) is 10.6 Å². The van der Waals surface area contributed by atoms with Crippen LogP contribution in [0.5, 0.6) is 0 Å². The van der Waals surface area contributed by atoms with E-state index in [9.17, 15) is 17.6 Å². The van der Waals surface area contributed by atoms with Crippen LogP contribution in [0.4, 0.5) is 10.1 Å². The van der Waals surface area contributed by atoms with Gasteiger partial charge in [0.25, 0.3) is 5.91 Å². The highest BCUT2D eigenvalue weighted by molar-refractivity contribution is 7.89. The van der Waals surface area contributed by atoms with Gasteiger partial charge < -0.3 is 10.6 Å². The largest absolute Gasteiger partial charge is 0.382 e. The second-order valence-corrected chi connectivity index (χ2v) is 5.90. The first-order valence-corrected chi connectivity index (χ1v) is 7.87. The number of para-hydroxylation sites is 1. The molecule has 8 heteroatoms. The highest BCUT2D eigenvalue weighted by Crippen LogP contribution is 2.19. The lowest BCUT2D eigenvalue weighted by Crippen LogP contribution is -2.28. The molecule has 112 valence electrons. The highest BCUT2D eigenvalue weighted by Gasteiger charge is 2.14. The summed E-state index contributed by atoms with van der Waals surface area (Å²) in [4.78, 5) is 11.9. The maximum Gasteiger partial charge on any atom is 0.253 e. The number of primary sulfonamides is 1. The second-order valence-electron chi connectivity index (χ2n) is 4.17. The lowest BCUT2D eigenvalue weighted by atomic mass is 10.1. The summed E-state index contributed by atoms with van der Waals surface area (Å²) in [6.45, 7) is 2.42. The van der Waals surface area contributed by atoms with E-state index in [1.165, 1.54) is 18.2 Å². The Bertz CT molecular complexity index is 575. The zero-order valence-electron chi connectivity index (χ0n) is 11.1. The summed E-state index contributed by atoms with van der Waals surface area (Å²) in [6.07, 6.45) is 0.205. The molecule has 1 amide bonds. The standard InChI is InChI=1S/C12H18FN3O3S/c1-2-15-11-9(5-3-6-10(11)13)12(17)16-7-4-8-20(14,18)19/h3,5-6,15H,2,4,7-8H2,1H3,(H,16,17)(H2,14,18,19). The minimum Gasteiger partial charge on any atom is -0.382 e. The monoisotopic (exact) mass is 303 g/mol. The van der Waals surface area contributed by atoms with Gasteiger partial charge in [0, 0.05) is 13.1 Å². The van der Waals surface area contributed by atoms with Gasteiger partial charge in [-0.2, -0.15) is 0 Å². The normalized spacial score (nSPS) is 11.2. The lowest BCUT2D eigenvalue weighted by Gasteiger charge is -2.11. The van der Waals surface area contributed by atoms with E-state index >= 15 is 0 Å². The van der Waals surface area contributed by atoms with Gasteiger partial charge in [-0.1, -0.05) is 6.07 Å². The van der Waals surface area contributed by atoms with Gasteiger partial charge in [0.2, 0.25) is 10.0 Å². The summed E-state index contributed by atoms with van der Waals surface area (Å²) in [5.41, 5.74) is 0.321. The quantitative estimate of drug-likeness (QED) is 0.644. The molecule has 20 heavy (non-hydrogen) atoms. The van der Waals surface area contributed by atoms with E-state index in [0.29, 0.717) is 6.54 Å². The first-order valence-electron chi connectivity index (χ1n) is 6.16. The van der Waals surface area contributed by atoms with Crippen molar-refractivity contribution in [1.82, 2.24) is 5.32 Å². The SMILES string of the molecule is CCNc1c(F)cccc1C(=O)NCCCS(N)(=O)=O. The molecule has 0 spiro atoms. The number of halogens is 1. The Kier molecular flexibility index (Phi) is 5.90. The zero-order chi connectivity index (χ0) is 15.2. The predicted octanol–water partition coefficient (Wildman–Crippen LogP) is 0.666. The predicted molar refractivity (Wildman–Crippen MR) is 75.5 cm³/mol. The molecule has 1 aromatic carbocycles. The first-order chi connectivity index (χ1) is 9.35. The third-order valence-electron chi connectivity index (χ3n) is 2.50. The molecule has 0 atom stereocenters.